The molecule has 2 heterocycles. The highest BCUT2D eigenvalue weighted by Crippen LogP contribution is 2.30. The molecule has 0 spiro atoms. The lowest BCUT2D eigenvalue weighted by Crippen LogP contribution is -3.14. The SMILES string of the molecule is O=C(C[NH+]1CCC[C@@H](c2nc3ccccc3s2)C1)NCCC1=CCCCC1. The Balaban J connectivity index is 1.26. The molecular weight excluding hydrogens is 354 g/mol. The van der Waals surface area contributed by atoms with Crippen LogP contribution >= 0.6 is 11.3 Å². The van der Waals surface area contributed by atoms with Gasteiger partial charge in [0.2, 0.25) is 0 Å². The molecule has 1 aliphatic heterocycles. The lowest BCUT2D eigenvalue weighted by atomic mass is 9.97. The minimum absolute atomic E-state index is 0.200. The fourth-order valence-corrected chi connectivity index (χ4v) is 5.47. The van der Waals surface area contributed by atoms with Crippen LogP contribution in [0.2, 0.25) is 0 Å². The fourth-order valence-electron chi connectivity index (χ4n) is 4.37. The molecule has 4 rings (SSSR count). The first-order chi connectivity index (χ1) is 13.3. The molecule has 1 fully saturated rings. The van der Waals surface area contributed by atoms with Crippen molar-refractivity contribution in [2.24, 2.45) is 0 Å². The molecule has 0 radical (unpaired) electrons. The van der Waals surface area contributed by atoms with Gasteiger partial charge in [0.1, 0.15) is 5.01 Å². The number of carbonyl (C=O) groups is 1. The van der Waals surface area contributed by atoms with Crippen molar-refractivity contribution in [1.82, 2.24) is 10.3 Å². The zero-order valence-corrected chi connectivity index (χ0v) is 16.8. The number of thiazole rings is 1. The zero-order valence-electron chi connectivity index (χ0n) is 16.0. The van der Waals surface area contributed by atoms with Crippen LogP contribution < -0.4 is 10.2 Å². The van der Waals surface area contributed by atoms with E-state index in [-0.39, 0.29) is 5.91 Å². The predicted molar refractivity (Wildman–Crippen MR) is 111 cm³/mol. The average Bonchev–Trinajstić information content (AvgIpc) is 3.13. The maximum Gasteiger partial charge on any atom is 0.275 e. The summed E-state index contributed by atoms with van der Waals surface area (Å²) in [7, 11) is 0. The quantitative estimate of drug-likeness (QED) is 0.752. The van der Waals surface area contributed by atoms with E-state index in [1.165, 1.54) is 58.7 Å². The van der Waals surface area contributed by atoms with Crippen molar-refractivity contribution in [3.8, 4) is 0 Å². The number of quaternary nitrogens is 1. The first-order valence-corrected chi connectivity index (χ1v) is 11.2. The molecule has 2 N–H and O–H groups in total. The summed E-state index contributed by atoms with van der Waals surface area (Å²) in [6, 6.07) is 8.38. The summed E-state index contributed by atoms with van der Waals surface area (Å²) in [6.07, 6.45) is 10.8. The zero-order chi connectivity index (χ0) is 18.5. The summed E-state index contributed by atoms with van der Waals surface area (Å²) in [6.45, 7) is 3.51. The number of nitrogens with zero attached hydrogens (tertiary/aromatic N) is 1. The van der Waals surface area contributed by atoms with E-state index in [2.05, 4.69) is 35.7 Å². The van der Waals surface area contributed by atoms with Gasteiger partial charge in [-0.05, 0) is 57.1 Å². The first-order valence-electron chi connectivity index (χ1n) is 10.4. The summed E-state index contributed by atoms with van der Waals surface area (Å²) >= 11 is 1.82. The summed E-state index contributed by atoms with van der Waals surface area (Å²) in [4.78, 5) is 18.6. The van der Waals surface area contributed by atoms with Gasteiger partial charge in [0.05, 0.1) is 29.2 Å². The molecule has 2 atom stereocenters. The number of nitrogens with one attached hydrogen (secondary N) is 2. The Morgan fingerprint density at radius 2 is 2.19 bits per heavy atom. The second-order valence-electron chi connectivity index (χ2n) is 7.95. The number of aromatic nitrogens is 1. The molecular formula is C22H30N3OS+. The van der Waals surface area contributed by atoms with Gasteiger partial charge in [0.15, 0.2) is 6.54 Å². The maximum absolute atomic E-state index is 12.4. The van der Waals surface area contributed by atoms with Crippen molar-refractivity contribution >= 4 is 27.5 Å². The van der Waals surface area contributed by atoms with Crippen molar-refractivity contribution in [3.05, 3.63) is 40.9 Å². The minimum Gasteiger partial charge on any atom is -0.351 e. The predicted octanol–water partition coefficient (Wildman–Crippen LogP) is 3.07. The Bertz CT molecular complexity index is 780. The number of carbonyl (C=O) groups excluding carboxylic acids is 1. The second-order valence-corrected chi connectivity index (χ2v) is 9.01. The Hall–Kier alpha value is -1.72. The van der Waals surface area contributed by atoms with Gasteiger partial charge >= 0.3 is 0 Å². The van der Waals surface area contributed by atoms with E-state index in [1.807, 2.05) is 11.3 Å². The Morgan fingerprint density at radius 3 is 3.04 bits per heavy atom. The van der Waals surface area contributed by atoms with Gasteiger partial charge in [-0.3, -0.25) is 4.79 Å². The Kier molecular flexibility index (Phi) is 6.20. The number of allylic oxidation sites excluding steroid dienone is 1. The monoisotopic (exact) mass is 384 g/mol. The lowest BCUT2D eigenvalue weighted by Gasteiger charge is -2.28. The third kappa shape index (κ3) is 4.96. The van der Waals surface area contributed by atoms with E-state index in [4.69, 9.17) is 4.98 Å². The average molecular weight is 385 g/mol. The van der Waals surface area contributed by atoms with Gasteiger partial charge in [0, 0.05) is 6.54 Å². The van der Waals surface area contributed by atoms with Crippen molar-refractivity contribution in [3.63, 3.8) is 0 Å². The molecule has 1 amide bonds. The maximum atomic E-state index is 12.4. The van der Waals surface area contributed by atoms with Crippen LogP contribution in [0.5, 0.6) is 0 Å². The Morgan fingerprint density at radius 1 is 1.26 bits per heavy atom. The van der Waals surface area contributed by atoms with Crippen molar-refractivity contribution < 1.29 is 9.69 Å². The van der Waals surface area contributed by atoms with Gasteiger partial charge in [-0.2, -0.15) is 0 Å². The molecule has 1 unspecified atom stereocenters. The van der Waals surface area contributed by atoms with Gasteiger partial charge in [-0.1, -0.05) is 23.8 Å². The number of likely N-dealkylation sites (tertiary alicyclic amines) is 1. The Labute approximate surface area is 165 Å². The molecule has 144 valence electrons. The van der Waals surface area contributed by atoms with Crippen molar-refractivity contribution in [1.29, 1.82) is 0 Å². The highest BCUT2D eigenvalue weighted by Gasteiger charge is 2.28. The molecule has 5 heteroatoms. The van der Waals surface area contributed by atoms with Gasteiger partial charge in [0.25, 0.3) is 5.91 Å². The van der Waals surface area contributed by atoms with Crippen LogP contribution in [0.3, 0.4) is 0 Å². The second kappa shape index (κ2) is 8.98. The highest BCUT2D eigenvalue weighted by molar-refractivity contribution is 7.18. The topological polar surface area (TPSA) is 46.4 Å². The van der Waals surface area contributed by atoms with Crippen LogP contribution in [0, 0.1) is 0 Å². The van der Waals surface area contributed by atoms with E-state index >= 15 is 0 Å². The normalized spacial score (nSPS) is 23.2. The number of rotatable bonds is 6. The number of piperidine rings is 1. The summed E-state index contributed by atoms with van der Waals surface area (Å²) < 4.78 is 1.27. The van der Waals surface area contributed by atoms with Crippen LogP contribution in [-0.2, 0) is 4.79 Å². The summed E-state index contributed by atoms with van der Waals surface area (Å²) in [5.74, 6) is 0.692. The first kappa shape index (κ1) is 18.6. The number of para-hydroxylation sites is 1. The molecule has 4 nitrogen and oxygen atoms in total. The third-order valence-electron chi connectivity index (χ3n) is 5.84. The van der Waals surface area contributed by atoms with E-state index in [0.717, 1.165) is 31.6 Å². The molecule has 1 aliphatic carbocycles. The van der Waals surface area contributed by atoms with Crippen LogP contribution in [0.15, 0.2) is 35.9 Å². The minimum atomic E-state index is 0.200. The van der Waals surface area contributed by atoms with E-state index in [0.29, 0.717) is 12.5 Å². The van der Waals surface area contributed by atoms with Crippen LogP contribution in [0.4, 0.5) is 0 Å². The van der Waals surface area contributed by atoms with Crippen LogP contribution in [-0.4, -0.2) is 37.1 Å². The van der Waals surface area contributed by atoms with Crippen molar-refractivity contribution in [2.75, 3.05) is 26.2 Å². The molecule has 0 bridgehead atoms. The fraction of sp³-hybridized carbons (Fsp3) is 0.545. The highest BCUT2D eigenvalue weighted by atomic mass is 32.1. The van der Waals surface area contributed by atoms with Gasteiger partial charge in [-0.25, -0.2) is 4.98 Å². The smallest absolute Gasteiger partial charge is 0.275 e. The standard InChI is InChI=1S/C22H29N3OS/c26-21(23-13-12-17-7-2-1-3-8-17)16-25-14-6-9-18(15-25)22-24-19-10-4-5-11-20(19)27-22/h4-5,7,10-11,18H,1-3,6,8-9,12-16H2,(H,23,26)/p+1/t18-/m1/s1. The largest absolute Gasteiger partial charge is 0.351 e. The van der Waals surface area contributed by atoms with Crippen LogP contribution in [0.1, 0.15) is 55.9 Å². The van der Waals surface area contributed by atoms with Gasteiger partial charge < -0.3 is 10.2 Å². The third-order valence-corrected chi connectivity index (χ3v) is 7.04. The van der Waals surface area contributed by atoms with Crippen molar-refractivity contribution in [2.45, 2.75) is 50.9 Å². The summed E-state index contributed by atoms with van der Waals surface area (Å²) in [5.41, 5.74) is 2.64. The molecule has 27 heavy (non-hydrogen) atoms. The van der Waals surface area contributed by atoms with E-state index in [9.17, 15) is 4.79 Å². The summed E-state index contributed by atoms with van der Waals surface area (Å²) in [5, 5.41) is 4.39. The molecule has 1 aromatic heterocycles. The van der Waals surface area contributed by atoms with Crippen LogP contribution in [0.25, 0.3) is 10.2 Å². The number of fused-ring (bicyclic) bond motifs is 1. The number of amides is 1. The van der Waals surface area contributed by atoms with Gasteiger partial charge in [-0.15, -0.1) is 11.3 Å². The molecule has 1 saturated heterocycles. The molecule has 1 aromatic carbocycles. The van der Waals surface area contributed by atoms with E-state index in [1.54, 1.807) is 0 Å². The molecule has 0 saturated carbocycles. The molecule has 2 aromatic rings. The number of hydrogen-bond donors (Lipinski definition) is 2. The number of benzene rings is 1. The molecule has 2 aliphatic rings. The number of hydrogen-bond acceptors (Lipinski definition) is 3. The van der Waals surface area contributed by atoms with E-state index < -0.39 is 0 Å². The lowest BCUT2D eigenvalue weighted by molar-refractivity contribution is -0.898.